The zero-order valence-electron chi connectivity index (χ0n) is 14.7. The van der Waals surface area contributed by atoms with E-state index in [1.807, 2.05) is 17.5 Å². The van der Waals surface area contributed by atoms with E-state index in [1.54, 1.807) is 30.3 Å². The molecular weight excluding hydrogens is 421 g/mol. The Morgan fingerprint density at radius 2 is 1.86 bits per heavy atom. The molecule has 3 rings (SSSR count). The summed E-state index contributed by atoms with van der Waals surface area (Å²) in [6, 6.07) is 12.0. The van der Waals surface area contributed by atoms with Gasteiger partial charge in [0.15, 0.2) is 11.7 Å². The fraction of sp³-hybridized carbons (Fsp3) is 0.105. The predicted molar refractivity (Wildman–Crippen MR) is 112 cm³/mol. The van der Waals surface area contributed by atoms with Gasteiger partial charge in [-0.1, -0.05) is 35.3 Å². The first-order chi connectivity index (χ1) is 13.4. The van der Waals surface area contributed by atoms with Crippen LogP contribution in [0.3, 0.4) is 0 Å². The van der Waals surface area contributed by atoms with Crippen LogP contribution in [0.25, 0.3) is 11.3 Å². The quantitative estimate of drug-likeness (QED) is 0.564. The highest BCUT2D eigenvalue weighted by atomic mass is 35.5. The van der Waals surface area contributed by atoms with Crippen LogP contribution in [0.4, 0.5) is 10.8 Å². The molecule has 0 unspecified atom stereocenters. The normalized spacial score (nSPS) is 10.4. The molecule has 0 radical (unpaired) electrons. The minimum Gasteiger partial charge on any atom is -0.482 e. The van der Waals surface area contributed by atoms with Crippen molar-refractivity contribution in [2.45, 2.75) is 6.92 Å². The molecule has 6 nitrogen and oxygen atoms in total. The summed E-state index contributed by atoms with van der Waals surface area (Å²) in [7, 11) is 0. The third-order valence-corrected chi connectivity index (χ3v) is 4.81. The molecule has 2 aromatic carbocycles. The van der Waals surface area contributed by atoms with Gasteiger partial charge in [-0.2, -0.15) is 0 Å². The molecule has 144 valence electrons. The van der Waals surface area contributed by atoms with E-state index in [0.717, 1.165) is 5.56 Å². The Balaban J connectivity index is 1.58. The van der Waals surface area contributed by atoms with Crippen LogP contribution in [0.2, 0.25) is 10.0 Å². The summed E-state index contributed by atoms with van der Waals surface area (Å²) in [5, 5.41) is 8.51. The third kappa shape index (κ3) is 5.45. The molecule has 0 spiro atoms. The lowest BCUT2D eigenvalue weighted by molar-refractivity contribution is -0.118. The van der Waals surface area contributed by atoms with E-state index in [9.17, 15) is 9.59 Å². The molecule has 0 aliphatic rings. The van der Waals surface area contributed by atoms with E-state index < -0.39 is 0 Å². The molecule has 0 saturated carbocycles. The summed E-state index contributed by atoms with van der Waals surface area (Å²) in [4.78, 5) is 27.6. The summed E-state index contributed by atoms with van der Waals surface area (Å²) in [5.41, 5.74) is 2.29. The van der Waals surface area contributed by atoms with Crippen LogP contribution < -0.4 is 15.4 Å². The molecule has 0 bridgehead atoms. The SMILES string of the molecule is CC(=O)Nc1ccc(-c2csc(NC(=O)COc3cc(Cl)ccc3Cl)n2)cc1. The number of thiazole rings is 1. The van der Waals surface area contributed by atoms with Crippen molar-refractivity contribution in [1.82, 2.24) is 4.98 Å². The highest BCUT2D eigenvalue weighted by Crippen LogP contribution is 2.28. The molecule has 0 atom stereocenters. The standard InChI is InChI=1S/C19H15Cl2N3O3S/c1-11(25)22-14-5-2-12(3-6-14)16-10-28-19(23-16)24-18(26)9-27-17-8-13(20)4-7-15(17)21/h2-8,10H,9H2,1H3,(H,22,25)(H,23,24,26). The van der Waals surface area contributed by atoms with E-state index in [4.69, 9.17) is 27.9 Å². The van der Waals surface area contributed by atoms with E-state index >= 15 is 0 Å². The smallest absolute Gasteiger partial charge is 0.264 e. The van der Waals surface area contributed by atoms with Crippen molar-refractivity contribution in [1.29, 1.82) is 0 Å². The minimum absolute atomic E-state index is 0.132. The number of hydrogen-bond donors (Lipinski definition) is 2. The maximum atomic E-state index is 12.1. The number of amides is 2. The Morgan fingerprint density at radius 3 is 2.57 bits per heavy atom. The zero-order valence-corrected chi connectivity index (χ0v) is 17.0. The van der Waals surface area contributed by atoms with E-state index in [2.05, 4.69) is 15.6 Å². The Morgan fingerprint density at radius 1 is 1.11 bits per heavy atom. The van der Waals surface area contributed by atoms with Gasteiger partial charge in [0, 0.05) is 34.6 Å². The highest BCUT2D eigenvalue weighted by Gasteiger charge is 2.10. The van der Waals surface area contributed by atoms with Crippen LogP contribution in [-0.2, 0) is 9.59 Å². The van der Waals surface area contributed by atoms with Gasteiger partial charge < -0.3 is 10.1 Å². The number of aromatic nitrogens is 1. The molecule has 0 fully saturated rings. The van der Waals surface area contributed by atoms with Crippen LogP contribution >= 0.6 is 34.5 Å². The predicted octanol–water partition coefficient (Wildman–Crippen LogP) is 5.09. The Bertz CT molecular complexity index is 1010. The fourth-order valence-corrected chi connectivity index (χ4v) is 3.35. The first kappa shape index (κ1) is 20.1. The molecule has 2 N–H and O–H groups in total. The molecule has 2 amide bonds. The number of carbonyl (C=O) groups excluding carboxylic acids is 2. The number of nitrogens with zero attached hydrogens (tertiary/aromatic N) is 1. The number of rotatable bonds is 6. The van der Waals surface area contributed by atoms with E-state index in [1.165, 1.54) is 18.3 Å². The fourth-order valence-electron chi connectivity index (χ4n) is 2.28. The lowest BCUT2D eigenvalue weighted by Gasteiger charge is -2.07. The van der Waals surface area contributed by atoms with Gasteiger partial charge in [0.2, 0.25) is 5.91 Å². The largest absolute Gasteiger partial charge is 0.482 e. The van der Waals surface area contributed by atoms with Gasteiger partial charge in [-0.05, 0) is 24.3 Å². The van der Waals surface area contributed by atoms with Gasteiger partial charge in [0.25, 0.3) is 5.91 Å². The maximum Gasteiger partial charge on any atom is 0.264 e. The van der Waals surface area contributed by atoms with Gasteiger partial charge in [-0.3, -0.25) is 14.9 Å². The number of nitrogens with one attached hydrogen (secondary N) is 2. The Kier molecular flexibility index (Phi) is 6.51. The number of hydrogen-bond acceptors (Lipinski definition) is 5. The van der Waals surface area contributed by atoms with E-state index in [-0.39, 0.29) is 18.4 Å². The third-order valence-electron chi connectivity index (χ3n) is 3.50. The van der Waals surface area contributed by atoms with Gasteiger partial charge >= 0.3 is 0 Å². The van der Waals surface area contributed by atoms with Gasteiger partial charge in [0.1, 0.15) is 5.75 Å². The monoisotopic (exact) mass is 435 g/mol. The molecule has 0 aliphatic carbocycles. The summed E-state index contributed by atoms with van der Waals surface area (Å²) in [5.74, 6) is -0.158. The van der Waals surface area contributed by atoms with Crippen LogP contribution in [-0.4, -0.2) is 23.4 Å². The minimum atomic E-state index is -0.363. The molecule has 3 aromatic rings. The van der Waals surface area contributed by atoms with Crippen molar-refractivity contribution in [2.24, 2.45) is 0 Å². The van der Waals surface area contributed by atoms with E-state index in [0.29, 0.717) is 32.3 Å². The van der Waals surface area contributed by atoms with Crippen molar-refractivity contribution in [3.8, 4) is 17.0 Å². The van der Waals surface area contributed by atoms with Gasteiger partial charge in [-0.15, -0.1) is 11.3 Å². The summed E-state index contributed by atoms with van der Waals surface area (Å²) < 4.78 is 5.40. The lowest BCUT2D eigenvalue weighted by atomic mass is 10.1. The van der Waals surface area contributed by atoms with Crippen LogP contribution in [0.5, 0.6) is 5.75 Å². The summed E-state index contributed by atoms with van der Waals surface area (Å²) in [6.07, 6.45) is 0. The second kappa shape index (κ2) is 9.05. The number of ether oxygens (including phenoxy) is 1. The van der Waals surface area contributed by atoms with Crippen molar-refractivity contribution >= 4 is 57.2 Å². The molecule has 0 saturated heterocycles. The molecule has 1 aromatic heterocycles. The second-order valence-corrected chi connectivity index (χ2v) is 7.41. The molecule has 9 heteroatoms. The number of benzene rings is 2. The first-order valence-electron chi connectivity index (χ1n) is 8.12. The number of anilines is 2. The summed E-state index contributed by atoms with van der Waals surface area (Å²) in [6.45, 7) is 1.23. The number of halogens is 2. The van der Waals surface area contributed by atoms with Gasteiger partial charge in [-0.25, -0.2) is 4.98 Å². The first-order valence-corrected chi connectivity index (χ1v) is 9.75. The molecule has 1 heterocycles. The van der Waals surface area contributed by atoms with Crippen molar-refractivity contribution in [3.63, 3.8) is 0 Å². The highest BCUT2D eigenvalue weighted by molar-refractivity contribution is 7.14. The van der Waals surface area contributed by atoms with Crippen molar-refractivity contribution in [3.05, 3.63) is 57.9 Å². The van der Waals surface area contributed by atoms with Crippen molar-refractivity contribution < 1.29 is 14.3 Å². The molecular formula is C19H15Cl2N3O3S. The summed E-state index contributed by atoms with van der Waals surface area (Å²) >= 11 is 13.2. The average molecular weight is 436 g/mol. The topological polar surface area (TPSA) is 80.3 Å². The molecule has 0 aliphatic heterocycles. The Hall–Kier alpha value is -2.61. The number of carbonyl (C=O) groups is 2. The maximum absolute atomic E-state index is 12.1. The Labute approximate surface area is 175 Å². The zero-order chi connectivity index (χ0) is 20.1. The average Bonchev–Trinajstić information content (AvgIpc) is 3.11. The molecule has 28 heavy (non-hydrogen) atoms. The van der Waals surface area contributed by atoms with Crippen molar-refractivity contribution in [2.75, 3.05) is 17.2 Å². The van der Waals surface area contributed by atoms with Crippen LogP contribution in [0.1, 0.15) is 6.92 Å². The second-order valence-electron chi connectivity index (χ2n) is 5.71. The van der Waals surface area contributed by atoms with Crippen LogP contribution in [0, 0.1) is 0 Å². The lowest BCUT2D eigenvalue weighted by Crippen LogP contribution is -2.20. The van der Waals surface area contributed by atoms with Gasteiger partial charge in [0.05, 0.1) is 10.7 Å². The van der Waals surface area contributed by atoms with Crippen LogP contribution in [0.15, 0.2) is 47.8 Å².